The first kappa shape index (κ1) is 14.2. The molecule has 17 heavy (non-hydrogen) atoms. The predicted molar refractivity (Wildman–Crippen MR) is 67.1 cm³/mol. The van der Waals surface area contributed by atoms with E-state index in [0.717, 1.165) is 18.7 Å². The highest BCUT2D eigenvalue weighted by atomic mass is 32.2. The third-order valence-electron chi connectivity index (χ3n) is 2.55. The van der Waals surface area contributed by atoms with Crippen molar-refractivity contribution in [2.45, 2.75) is 19.9 Å². The fourth-order valence-electron chi connectivity index (χ4n) is 1.41. The lowest BCUT2D eigenvalue weighted by Crippen LogP contribution is -2.31. The quantitative estimate of drug-likeness (QED) is 0.709. The maximum absolute atomic E-state index is 11.4. The molecule has 1 N–H and O–H groups in total. The summed E-state index contributed by atoms with van der Waals surface area (Å²) in [7, 11) is -1.43. The van der Waals surface area contributed by atoms with Crippen molar-refractivity contribution in [2.24, 2.45) is 0 Å². The fourth-order valence-corrected chi connectivity index (χ4v) is 2.26. The summed E-state index contributed by atoms with van der Waals surface area (Å²) in [6, 6.07) is 3.75. The van der Waals surface area contributed by atoms with Gasteiger partial charge in [0.25, 0.3) is 0 Å². The van der Waals surface area contributed by atoms with E-state index in [1.807, 2.05) is 12.1 Å². The maximum Gasteiger partial charge on any atom is 0.213 e. The van der Waals surface area contributed by atoms with Gasteiger partial charge in [0.15, 0.2) is 0 Å². The molecule has 1 aromatic rings. The third-order valence-corrected chi connectivity index (χ3v) is 4.41. The van der Waals surface area contributed by atoms with E-state index in [-0.39, 0.29) is 5.75 Å². The average Bonchev–Trinajstić information content (AvgIpc) is 2.81. The van der Waals surface area contributed by atoms with Crippen LogP contribution < -0.4 is 5.32 Å². The van der Waals surface area contributed by atoms with Crippen LogP contribution in [0.15, 0.2) is 22.8 Å². The van der Waals surface area contributed by atoms with Gasteiger partial charge in [-0.25, -0.2) is 12.7 Å². The number of nitrogens with zero attached hydrogens (tertiary/aromatic N) is 1. The minimum atomic E-state index is -3.04. The number of furan rings is 1. The summed E-state index contributed by atoms with van der Waals surface area (Å²) < 4.78 is 29.4. The van der Waals surface area contributed by atoms with Gasteiger partial charge in [-0.15, -0.1) is 0 Å². The van der Waals surface area contributed by atoms with Crippen LogP contribution in [0.1, 0.15) is 19.1 Å². The second kappa shape index (κ2) is 6.78. The van der Waals surface area contributed by atoms with E-state index in [4.69, 9.17) is 4.42 Å². The molecule has 0 atom stereocenters. The van der Waals surface area contributed by atoms with Crippen LogP contribution in [0.5, 0.6) is 0 Å². The fraction of sp³-hybridized carbons (Fsp3) is 0.636. The summed E-state index contributed by atoms with van der Waals surface area (Å²) in [5.41, 5.74) is 0. The number of rotatable bonds is 8. The van der Waals surface area contributed by atoms with Crippen molar-refractivity contribution in [2.75, 3.05) is 25.9 Å². The van der Waals surface area contributed by atoms with Gasteiger partial charge >= 0.3 is 0 Å². The van der Waals surface area contributed by atoms with E-state index in [1.54, 1.807) is 20.2 Å². The minimum Gasteiger partial charge on any atom is -0.468 e. The first-order valence-corrected chi connectivity index (χ1v) is 7.34. The van der Waals surface area contributed by atoms with Gasteiger partial charge in [-0.1, -0.05) is 0 Å². The predicted octanol–water partition coefficient (Wildman–Crippen LogP) is 1.04. The van der Waals surface area contributed by atoms with Gasteiger partial charge in [0.05, 0.1) is 18.6 Å². The van der Waals surface area contributed by atoms with Crippen molar-refractivity contribution in [3.63, 3.8) is 0 Å². The molecule has 0 fully saturated rings. The van der Waals surface area contributed by atoms with Gasteiger partial charge in [-0.05, 0) is 32.0 Å². The smallest absolute Gasteiger partial charge is 0.213 e. The lowest BCUT2D eigenvalue weighted by atomic mass is 10.4. The van der Waals surface area contributed by atoms with Crippen LogP contribution in [-0.2, 0) is 16.6 Å². The van der Waals surface area contributed by atoms with E-state index in [9.17, 15) is 8.42 Å². The molecule has 1 aromatic heterocycles. The van der Waals surface area contributed by atoms with Gasteiger partial charge in [0.2, 0.25) is 10.0 Å². The standard InChI is InChI=1S/C11H20N2O3S/c1-3-17(14,15)13(2)8-5-7-12-10-11-6-4-9-16-11/h4,6,9,12H,3,5,7-8,10H2,1-2H3. The summed E-state index contributed by atoms with van der Waals surface area (Å²) in [6.45, 7) is 3.64. The Labute approximate surface area is 103 Å². The van der Waals surface area contributed by atoms with Gasteiger partial charge in [-0.3, -0.25) is 0 Å². The Morgan fingerprint density at radius 1 is 1.47 bits per heavy atom. The normalized spacial score (nSPS) is 12.2. The molecule has 6 heteroatoms. The number of sulfonamides is 1. The molecule has 0 aromatic carbocycles. The van der Waals surface area contributed by atoms with E-state index < -0.39 is 10.0 Å². The van der Waals surface area contributed by atoms with Crippen molar-refractivity contribution in [3.8, 4) is 0 Å². The summed E-state index contributed by atoms with van der Waals surface area (Å²) in [4.78, 5) is 0. The van der Waals surface area contributed by atoms with Crippen molar-refractivity contribution >= 4 is 10.0 Å². The highest BCUT2D eigenvalue weighted by Gasteiger charge is 2.13. The molecular formula is C11H20N2O3S. The first-order chi connectivity index (χ1) is 8.06. The summed E-state index contributed by atoms with van der Waals surface area (Å²) in [6.07, 6.45) is 2.43. The molecule has 5 nitrogen and oxygen atoms in total. The van der Waals surface area contributed by atoms with Crippen molar-refractivity contribution < 1.29 is 12.8 Å². The highest BCUT2D eigenvalue weighted by molar-refractivity contribution is 7.89. The van der Waals surface area contributed by atoms with Crippen molar-refractivity contribution in [1.29, 1.82) is 0 Å². The zero-order valence-corrected chi connectivity index (χ0v) is 11.2. The molecule has 0 aliphatic heterocycles. The first-order valence-electron chi connectivity index (χ1n) is 5.73. The van der Waals surface area contributed by atoms with Crippen LogP contribution in [0.3, 0.4) is 0 Å². The van der Waals surface area contributed by atoms with Gasteiger partial charge in [-0.2, -0.15) is 0 Å². The molecule has 0 aliphatic carbocycles. The maximum atomic E-state index is 11.4. The molecule has 0 bridgehead atoms. The highest BCUT2D eigenvalue weighted by Crippen LogP contribution is 2.00. The van der Waals surface area contributed by atoms with E-state index in [2.05, 4.69) is 5.32 Å². The van der Waals surface area contributed by atoms with Crippen LogP contribution in [0.2, 0.25) is 0 Å². The van der Waals surface area contributed by atoms with Crippen molar-refractivity contribution in [1.82, 2.24) is 9.62 Å². The zero-order chi connectivity index (χ0) is 12.7. The van der Waals surface area contributed by atoms with Crippen LogP contribution in [-0.4, -0.2) is 38.6 Å². The lowest BCUT2D eigenvalue weighted by molar-refractivity contribution is 0.443. The second-order valence-electron chi connectivity index (χ2n) is 3.83. The van der Waals surface area contributed by atoms with E-state index >= 15 is 0 Å². The summed E-state index contributed by atoms with van der Waals surface area (Å²) in [5, 5.41) is 3.20. The molecule has 98 valence electrons. The molecular weight excluding hydrogens is 240 g/mol. The van der Waals surface area contributed by atoms with Gasteiger partial charge < -0.3 is 9.73 Å². The third kappa shape index (κ3) is 4.89. The summed E-state index contributed by atoms with van der Waals surface area (Å²) in [5.74, 6) is 1.04. The molecule has 0 saturated carbocycles. The van der Waals surface area contributed by atoms with Crippen LogP contribution in [0.4, 0.5) is 0 Å². The zero-order valence-electron chi connectivity index (χ0n) is 10.3. The molecule has 0 radical (unpaired) electrons. The molecule has 0 spiro atoms. The largest absolute Gasteiger partial charge is 0.468 e. The SMILES string of the molecule is CCS(=O)(=O)N(C)CCCNCc1ccco1. The Kier molecular flexibility index (Phi) is 5.67. The van der Waals surface area contributed by atoms with Crippen LogP contribution in [0.25, 0.3) is 0 Å². The Balaban J connectivity index is 2.12. The molecule has 1 rings (SSSR count). The van der Waals surface area contributed by atoms with E-state index in [0.29, 0.717) is 13.1 Å². The monoisotopic (exact) mass is 260 g/mol. The number of hydrogen-bond donors (Lipinski definition) is 1. The Hall–Kier alpha value is -0.850. The van der Waals surface area contributed by atoms with Crippen LogP contribution >= 0.6 is 0 Å². The topological polar surface area (TPSA) is 62.6 Å². The van der Waals surface area contributed by atoms with Crippen molar-refractivity contribution in [3.05, 3.63) is 24.2 Å². The lowest BCUT2D eigenvalue weighted by Gasteiger charge is -2.15. The van der Waals surface area contributed by atoms with Crippen LogP contribution in [0, 0.1) is 0 Å². The minimum absolute atomic E-state index is 0.156. The van der Waals surface area contributed by atoms with Gasteiger partial charge in [0, 0.05) is 13.6 Å². The van der Waals surface area contributed by atoms with Gasteiger partial charge in [0.1, 0.15) is 5.76 Å². The number of nitrogens with one attached hydrogen (secondary N) is 1. The molecule has 0 unspecified atom stereocenters. The summed E-state index contributed by atoms with van der Waals surface area (Å²) >= 11 is 0. The molecule has 0 aliphatic rings. The Bertz CT molecular complexity index is 400. The molecule has 0 saturated heterocycles. The molecule has 1 heterocycles. The van der Waals surface area contributed by atoms with E-state index in [1.165, 1.54) is 4.31 Å². The number of hydrogen-bond acceptors (Lipinski definition) is 4. The average molecular weight is 260 g/mol. The Morgan fingerprint density at radius 3 is 2.82 bits per heavy atom. The second-order valence-corrected chi connectivity index (χ2v) is 6.20. The molecule has 0 amide bonds. The Morgan fingerprint density at radius 2 is 2.24 bits per heavy atom.